The summed E-state index contributed by atoms with van der Waals surface area (Å²) in [5.74, 6) is 2.09. The first kappa shape index (κ1) is 16.4. The van der Waals surface area contributed by atoms with E-state index < -0.39 is 0 Å². The third-order valence-corrected chi connectivity index (χ3v) is 3.92. The van der Waals surface area contributed by atoms with Crippen molar-refractivity contribution in [3.63, 3.8) is 0 Å². The van der Waals surface area contributed by atoms with Crippen LogP contribution in [-0.2, 0) is 4.79 Å². The highest BCUT2D eigenvalue weighted by atomic mass is 16.5. The third kappa shape index (κ3) is 3.82. The Labute approximate surface area is 131 Å². The van der Waals surface area contributed by atoms with Gasteiger partial charge in [0.25, 0.3) is 0 Å². The molecule has 0 spiro atoms. The standard InChI is InChI=1S/C16H24N2O4/c1-20-13-6-5-12(15(21-2)16(13)22-3)18-14(19)7-4-11-8-9-17-10-11/h5-6,11,17H,4,7-10H2,1-3H3,(H,18,19). The van der Waals surface area contributed by atoms with E-state index in [2.05, 4.69) is 10.6 Å². The number of carbonyl (C=O) groups excluding carboxylic acids is 1. The minimum absolute atomic E-state index is 0.0163. The number of hydrogen-bond acceptors (Lipinski definition) is 5. The van der Waals surface area contributed by atoms with Gasteiger partial charge in [-0.25, -0.2) is 0 Å². The van der Waals surface area contributed by atoms with Crippen molar-refractivity contribution in [2.24, 2.45) is 5.92 Å². The van der Waals surface area contributed by atoms with Gasteiger partial charge in [-0.3, -0.25) is 4.79 Å². The second-order valence-corrected chi connectivity index (χ2v) is 5.33. The molecule has 1 atom stereocenters. The number of amides is 1. The van der Waals surface area contributed by atoms with Crippen molar-refractivity contribution >= 4 is 11.6 Å². The zero-order chi connectivity index (χ0) is 15.9. The Morgan fingerprint density at radius 2 is 2.00 bits per heavy atom. The number of rotatable bonds is 7. The normalized spacial score (nSPS) is 17.1. The molecule has 1 fully saturated rings. The number of carbonyl (C=O) groups is 1. The van der Waals surface area contributed by atoms with Gasteiger partial charge in [0, 0.05) is 6.42 Å². The number of nitrogens with one attached hydrogen (secondary N) is 2. The minimum Gasteiger partial charge on any atom is -0.493 e. The summed E-state index contributed by atoms with van der Waals surface area (Å²) in [6.45, 7) is 2.06. The smallest absolute Gasteiger partial charge is 0.224 e. The molecule has 0 radical (unpaired) electrons. The van der Waals surface area contributed by atoms with Crippen LogP contribution in [0.25, 0.3) is 0 Å². The van der Waals surface area contributed by atoms with E-state index in [1.54, 1.807) is 26.4 Å². The van der Waals surface area contributed by atoms with Crippen molar-refractivity contribution in [3.8, 4) is 17.2 Å². The van der Waals surface area contributed by atoms with Crippen molar-refractivity contribution in [2.75, 3.05) is 39.7 Å². The van der Waals surface area contributed by atoms with E-state index in [1.807, 2.05) is 0 Å². The Morgan fingerprint density at radius 1 is 1.23 bits per heavy atom. The van der Waals surface area contributed by atoms with Crippen molar-refractivity contribution in [2.45, 2.75) is 19.3 Å². The monoisotopic (exact) mass is 308 g/mol. The lowest BCUT2D eigenvalue weighted by Gasteiger charge is -2.16. The minimum atomic E-state index is -0.0163. The summed E-state index contributed by atoms with van der Waals surface area (Å²) in [7, 11) is 4.64. The zero-order valence-corrected chi connectivity index (χ0v) is 13.4. The van der Waals surface area contributed by atoms with Crippen LogP contribution in [0.5, 0.6) is 17.2 Å². The van der Waals surface area contributed by atoms with E-state index in [-0.39, 0.29) is 5.91 Å². The van der Waals surface area contributed by atoms with E-state index in [9.17, 15) is 4.79 Å². The lowest BCUT2D eigenvalue weighted by molar-refractivity contribution is -0.116. The highest BCUT2D eigenvalue weighted by Crippen LogP contribution is 2.42. The maximum absolute atomic E-state index is 12.1. The molecule has 1 heterocycles. The summed E-state index contributed by atoms with van der Waals surface area (Å²) in [5.41, 5.74) is 0.592. The van der Waals surface area contributed by atoms with Gasteiger partial charge in [-0.2, -0.15) is 0 Å². The predicted molar refractivity (Wildman–Crippen MR) is 84.9 cm³/mol. The highest BCUT2D eigenvalue weighted by molar-refractivity contribution is 5.93. The van der Waals surface area contributed by atoms with Crippen LogP contribution >= 0.6 is 0 Å². The number of benzene rings is 1. The Morgan fingerprint density at radius 3 is 2.59 bits per heavy atom. The van der Waals surface area contributed by atoms with Gasteiger partial charge in [0.2, 0.25) is 11.7 Å². The molecular weight excluding hydrogens is 284 g/mol. The summed E-state index contributed by atoms with van der Waals surface area (Å²) in [5, 5.41) is 6.20. The van der Waals surface area contributed by atoms with E-state index in [0.29, 0.717) is 35.3 Å². The number of anilines is 1. The maximum Gasteiger partial charge on any atom is 0.224 e. The molecule has 1 aromatic rings. The fraction of sp³-hybridized carbons (Fsp3) is 0.562. The average Bonchev–Trinajstić information content (AvgIpc) is 3.05. The van der Waals surface area contributed by atoms with Crippen molar-refractivity contribution in [1.29, 1.82) is 0 Å². The van der Waals surface area contributed by atoms with Crippen LogP contribution in [0.1, 0.15) is 19.3 Å². The first-order chi connectivity index (χ1) is 10.7. The van der Waals surface area contributed by atoms with E-state index in [0.717, 1.165) is 25.9 Å². The molecule has 1 saturated heterocycles. The quantitative estimate of drug-likeness (QED) is 0.807. The van der Waals surface area contributed by atoms with Crippen LogP contribution in [0.4, 0.5) is 5.69 Å². The van der Waals surface area contributed by atoms with Crippen LogP contribution in [-0.4, -0.2) is 40.3 Å². The molecule has 1 aromatic carbocycles. The van der Waals surface area contributed by atoms with Crippen LogP contribution in [0.3, 0.4) is 0 Å². The molecule has 6 nitrogen and oxygen atoms in total. The number of ether oxygens (including phenoxy) is 3. The first-order valence-corrected chi connectivity index (χ1v) is 7.49. The molecule has 0 saturated carbocycles. The number of hydrogen-bond donors (Lipinski definition) is 2. The fourth-order valence-electron chi connectivity index (χ4n) is 2.71. The SMILES string of the molecule is COc1ccc(NC(=O)CCC2CCNC2)c(OC)c1OC. The van der Waals surface area contributed by atoms with Crippen LogP contribution in [0.15, 0.2) is 12.1 Å². The van der Waals surface area contributed by atoms with Gasteiger partial charge >= 0.3 is 0 Å². The molecule has 122 valence electrons. The molecule has 1 unspecified atom stereocenters. The summed E-state index contributed by atoms with van der Waals surface area (Å²) in [4.78, 5) is 12.1. The molecule has 2 rings (SSSR count). The highest BCUT2D eigenvalue weighted by Gasteiger charge is 2.19. The Kier molecular flexibility index (Phi) is 5.89. The average molecular weight is 308 g/mol. The van der Waals surface area contributed by atoms with Gasteiger partial charge in [0.05, 0.1) is 27.0 Å². The lowest BCUT2D eigenvalue weighted by atomic mass is 10.0. The Hall–Kier alpha value is -1.95. The second-order valence-electron chi connectivity index (χ2n) is 5.33. The summed E-state index contributed by atoms with van der Waals surface area (Å²) < 4.78 is 15.9. The molecular formula is C16H24N2O4. The topological polar surface area (TPSA) is 68.8 Å². The predicted octanol–water partition coefficient (Wildman–Crippen LogP) is 2.04. The Bertz CT molecular complexity index is 513. The fourth-order valence-corrected chi connectivity index (χ4v) is 2.71. The van der Waals surface area contributed by atoms with Crippen molar-refractivity contribution < 1.29 is 19.0 Å². The molecule has 0 aliphatic carbocycles. The molecule has 2 N–H and O–H groups in total. The van der Waals surface area contributed by atoms with E-state index in [4.69, 9.17) is 14.2 Å². The largest absolute Gasteiger partial charge is 0.493 e. The van der Waals surface area contributed by atoms with Gasteiger partial charge < -0.3 is 24.8 Å². The zero-order valence-electron chi connectivity index (χ0n) is 13.4. The molecule has 1 aliphatic rings. The Balaban J connectivity index is 2.03. The van der Waals surface area contributed by atoms with Crippen molar-refractivity contribution in [1.82, 2.24) is 5.32 Å². The van der Waals surface area contributed by atoms with Gasteiger partial charge in [-0.05, 0) is 44.0 Å². The van der Waals surface area contributed by atoms with Gasteiger partial charge in [-0.15, -0.1) is 0 Å². The van der Waals surface area contributed by atoms with Crippen LogP contribution in [0, 0.1) is 5.92 Å². The molecule has 6 heteroatoms. The third-order valence-electron chi connectivity index (χ3n) is 3.92. The second kappa shape index (κ2) is 7.89. The van der Waals surface area contributed by atoms with Crippen molar-refractivity contribution in [3.05, 3.63) is 12.1 Å². The van der Waals surface area contributed by atoms with Crippen LogP contribution in [0.2, 0.25) is 0 Å². The van der Waals surface area contributed by atoms with E-state index >= 15 is 0 Å². The molecule has 1 aliphatic heterocycles. The molecule has 22 heavy (non-hydrogen) atoms. The number of methoxy groups -OCH3 is 3. The van der Waals surface area contributed by atoms with E-state index in [1.165, 1.54) is 7.11 Å². The van der Waals surface area contributed by atoms with Gasteiger partial charge in [-0.1, -0.05) is 0 Å². The molecule has 1 amide bonds. The van der Waals surface area contributed by atoms with Gasteiger partial charge in [0.15, 0.2) is 11.5 Å². The summed E-state index contributed by atoms with van der Waals surface area (Å²) in [6.07, 6.45) is 2.55. The van der Waals surface area contributed by atoms with Crippen LogP contribution < -0.4 is 24.8 Å². The maximum atomic E-state index is 12.1. The molecule has 0 aromatic heterocycles. The first-order valence-electron chi connectivity index (χ1n) is 7.49. The lowest BCUT2D eigenvalue weighted by Crippen LogP contribution is -2.15. The molecule has 0 bridgehead atoms. The van der Waals surface area contributed by atoms with Gasteiger partial charge in [0.1, 0.15) is 0 Å². The summed E-state index contributed by atoms with van der Waals surface area (Å²) >= 11 is 0. The summed E-state index contributed by atoms with van der Waals surface area (Å²) in [6, 6.07) is 3.51.